The number of hydrogen-bond acceptors (Lipinski definition) is 11. The zero-order valence-electron chi connectivity index (χ0n) is 20.1. The standard InChI is InChI=1S/C22H22F3N5O6S2/c1-34-16-6-4-14(9-17(16)35-2)29-20-10-19(27-12-28-20)26-11-13-8-15(5-7-18(13)37-3)38(32,33)30-36-21(31)22(23,24)25/h4-10,12,30H,11H2,1-3H3,(H2,26,27,28,29). The lowest BCUT2D eigenvalue weighted by Crippen LogP contribution is -2.34. The molecule has 0 saturated heterocycles. The average Bonchev–Trinajstić information content (AvgIpc) is 2.90. The molecule has 0 aliphatic carbocycles. The van der Waals surface area contributed by atoms with Gasteiger partial charge in [0.05, 0.1) is 19.1 Å². The van der Waals surface area contributed by atoms with Gasteiger partial charge >= 0.3 is 12.1 Å². The van der Waals surface area contributed by atoms with Gasteiger partial charge in [-0.05, 0) is 47.0 Å². The Morgan fingerprint density at radius 3 is 2.37 bits per heavy atom. The minimum absolute atomic E-state index is 0.106. The normalized spacial score (nSPS) is 11.5. The Morgan fingerprint density at radius 1 is 1.00 bits per heavy atom. The van der Waals surface area contributed by atoms with Gasteiger partial charge in [-0.2, -0.15) is 13.2 Å². The highest BCUT2D eigenvalue weighted by Crippen LogP contribution is 2.31. The van der Waals surface area contributed by atoms with E-state index in [0.29, 0.717) is 39.3 Å². The molecule has 0 atom stereocenters. The molecule has 0 bridgehead atoms. The van der Waals surface area contributed by atoms with E-state index in [1.54, 1.807) is 30.5 Å². The van der Waals surface area contributed by atoms with Crippen LogP contribution in [0.3, 0.4) is 0 Å². The van der Waals surface area contributed by atoms with Gasteiger partial charge in [-0.3, -0.25) is 0 Å². The molecule has 38 heavy (non-hydrogen) atoms. The van der Waals surface area contributed by atoms with E-state index in [2.05, 4.69) is 25.4 Å². The van der Waals surface area contributed by atoms with E-state index >= 15 is 0 Å². The summed E-state index contributed by atoms with van der Waals surface area (Å²) in [7, 11) is -1.54. The summed E-state index contributed by atoms with van der Waals surface area (Å²) in [5, 5.41) is 6.17. The molecule has 16 heteroatoms. The Morgan fingerprint density at radius 2 is 1.71 bits per heavy atom. The van der Waals surface area contributed by atoms with Gasteiger partial charge in [0.25, 0.3) is 10.0 Å². The number of sulfonamides is 1. The van der Waals surface area contributed by atoms with Crippen molar-refractivity contribution in [3.63, 3.8) is 0 Å². The fourth-order valence-electron chi connectivity index (χ4n) is 3.03. The molecule has 11 nitrogen and oxygen atoms in total. The molecule has 204 valence electrons. The highest BCUT2D eigenvalue weighted by atomic mass is 32.2. The van der Waals surface area contributed by atoms with E-state index in [9.17, 15) is 26.4 Å². The van der Waals surface area contributed by atoms with E-state index < -0.39 is 27.1 Å². The second-order valence-corrected chi connectivity index (χ2v) is 9.78. The summed E-state index contributed by atoms with van der Waals surface area (Å²) >= 11 is 1.33. The Balaban J connectivity index is 1.74. The first-order chi connectivity index (χ1) is 18.0. The monoisotopic (exact) mass is 573 g/mol. The van der Waals surface area contributed by atoms with Crippen LogP contribution in [-0.2, 0) is 26.2 Å². The van der Waals surface area contributed by atoms with E-state index in [1.807, 2.05) is 0 Å². The summed E-state index contributed by atoms with van der Waals surface area (Å²) in [5.41, 5.74) is 1.17. The van der Waals surface area contributed by atoms with Crippen molar-refractivity contribution in [1.82, 2.24) is 14.9 Å². The van der Waals surface area contributed by atoms with Gasteiger partial charge in [0.15, 0.2) is 11.5 Å². The lowest BCUT2D eigenvalue weighted by molar-refractivity contribution is -0.203. The molecule has 2 aromatic carbocycles. The number of hydrogen-bond donors (Lipinski definition) is 3. The third kappa shape index (κ3) is 7.39. The number of carbonyl (C=O) groups is 1. The topological polar surface area (TPSA) is 141 Å². The number of rotatable bonds is 11. The van der Waals surface area contributed by atoms with Crippen molar-refractivity contribution in [1.29, 1.82) is 0 Å². The number of ether oxygens (including phenoxy) is 2. The highest BCUT2D eigenvalue weighted by molar-refractivity contribution is 7.98. The summed E-state index contributed by atoms with van der Waals surface area (Å²) in [4.78, 5) is 24.3. The van der Waals surface area contributed by atoms with Gasteiger partial charge in [0.2, 0.25) is 0 Å². The van der Waals surface area contributed by atoms with Crippen molar-refractivity contribution in [3.05, 3.63) is 54.4 Å². The van der Waals surface area contributed by atoms with Gasteiger partial charge in [-0.15, -0.1) is 11.8 Å². The summed E-state index contributed by atoms with van der Waals surface area (Å²) in [5.74, 6) is -0.755. The second-order valence-electron chi connectivity index (χ2n) is 7.28. The maximum atomic E-state index is 12.4. The molecule has 0 spiro atoms. The van der Waals surface area contributed by atoms with Crippen LogP contribution in [0.2, 0.25) is 0 Å². The van der Waals surface area contributed by atoms with Crippen molar-refractivity contribution in [2.75, 3.05) is 31.1 Å². The summed E-state index contributed by atoms with van der Waals surface area (Å²) < 4.78 is 72.2. The molecule has 1 aromatic heterocycles. The van der Waals surface area contributed by atoms with Crippen LogP contribution in [0.5, 0.6) is 11.5 Å². The van der Waals surface area contributed by atoms with Crippen LogP contribution in [0.15, 0.2) is 58.6 Å². The fourth-order valence-corrected chi connectivity index (χ4v) is 4.45. The molecule has 0 saturated carbocycles. The minimum atomic E-state index is -5.36. The summed E-state index contributed by atoms with van der Waals surface area (Å²) in [6.07, 6.45) is -2.27. The summed E-state index contributed by atoms with van der Waals surface area (Å²) in [6, 6.07) is 10.7. The molecule has 0 aliphatic heterocycles. The van der Waals surface area contributed by atoms with Crippen molar-refractivity contribution >= 4 is 45.1 Å². The van der Waals surface area contributed by atoms with Crippen molar-refractivity contribution in [2.24, 2.45) is 0 Å². The van der Waals surface area contributed by atoms with E-state index in [1.165, 1.54) is 55.4 Å². The highest BCUT2D eigenvalue weighted by Gasteiger charge is 2.42. The molecular weight excluding hydrogens is 551 g/mol. The summed E-state index contributed by atoms with van der Waals surface area (Å²) in [6.45, 7) is 0.106. The number of alkyl halides is 3. The van der Waals surface area contributed by atoms with Crippen LogP contribution in [0.4, 0.5) is 30.5 Å². The number of benzene rings is 2. The number of halogens is 3. The zero-order chi connectivity index (χ0) is 27.9. The number of nitrogens with one attached hydrogen (secondary N) is 3. The Hall–Kier alpha value is -3.76. The maximum Gasteiger partial charge on any atom is 0.492 e. The Bertz CT molecular complexity index is 1410. The molecule has 1 heterocycles. The quantitative estimate of drug-likeness (QED) is 0.227. The van der Waals surface area contributed by atoms with Crippen molar-refractivity contribution in [2.45, 2.75) is 22.5 Å². The van der Waals surface area contributed by atoms with Crippen molar-refractivity contribution < 1.29 is 40.7 Å². The van der Waals surface area contributed by atoms with Crippen LogP contribution in [0.25, 0.3) is 0 Å². The molecule has 3 N–H and O–H groups in total. The maximum absolute atomic E-state index is 12.4. The smallest absolute Gasteiger partial charge is 0.492 e. The van der Waals surface area contributed by atoms with E-state index in [-0.39, 0.29) is 6.54 Å². The average molecular weight is 574 g/mol. The number of aromatic nitrogens is 2. The van der Waals surface area contributed by atoms with E-state index in [4.69, 9.17) is 9.47 Å². The van der Waals surface area contributed by atoms with Crippen LogP contribution in [0.1, 0.15) is 5.56 Å². The lowest BCUT2D eigenvalue weighted by Gasteiger charge is -2.14. The zero-order valence-corrected chi connectivity index (χ0v) is 21.8. The van der Waals surface area contributed by atoms with Crippen LogP contribution < -0.4 is 25.0 Å². The van der Waals surface area contributed by atoms with E-state index in [0.717, 1.165) is 0 Å². The first kappa shape index (κ1) is 28.8. The molecule has 0 aliphatic rings. The van der Waals surface area contributed by atoms with Gasteiger partial charge in [-0.25, -0.2) is 23.2 Å². The number of thioether (sulfide) groups is 1. The SMILES string of the molecule is COc1ccc(Nc2cc(NCc3cc(S(=O)(=O)NOC(=O)C(F)(F)F)ccc3SC)ncn2)cc1OC. The molecule has 3 rings (SSSR count). The van der Waals surface area contributed by atoms with Gasteiger partial charge in [-0.1, -0.05) is 0 Å². The third-order valence-electron chi connectivity index (χ3n) is 4.82. The predicted octanol–water partition coefficient (Wildman–Crippen LogP) is 3.87. The largest absolute Gasteiger partial charge is 0.493 e. The third-order valence-corrected chi connectivity index (χ3v) is 6.84. The molecular formula is C22H22F3N5O6S2. The minimum Gasteiger partial charge on any atom is -0.493 e. The lowest BCUT2D eigenvalue weighted by atomic mass is 10.2. The van der Waals surface area contributed by atoms with Crippen LogP contribution in [0, 0.1) is 0 Å². The molecule has 0 fully saturated rings. The first-order valence-corrected chi connectivity index (χ1v) is 13.2. The molecule has 0 unspecified atom stereocenters. The van der Waals surface area contributed by atoms with Crippen molar-refractivity contribution in [3.8, 4) is 11.5 Å². The Labute approximate surface area is 220 Å². The fraction of sp³-hybridized carbons (Fsp3) is 0.227. The molecule has 3 aromatic rings. The molecule has 0 radical (unpaired) electrons. The van der Waals surface area contributed by atoms with Gasteiger partial charge in [0.1, 0.15) is 18.0 Å². The number of anilines is 3. The van der Waals surface area contributed by atoms with Gasteiger partial charge in [0, 0.05) is 29.3 Å². The molecule has 0 amide bonds. The number of methoxy groups -OCH3 is 2. The number of carbonyl (C=O) groups excluding carboxylic acids is 1. The van der Waals surface area contributed by atoms with Gasteiger partial charge < -0.3 is 24.9 Å². The second kappa shape index (κ2) is 12.2. The van der Waals surface area contributed by atoms with Crippen LogP contribution >= 0.6 is 11.8 Å². The predicted molar refractivity (Wildman–Crippen MR) is 133 cm³/mol. The Kier molecular flexibility index (Phi) is 9.24. The first-order valence-electron chi connectivity index (χ1n) is 10.5. The number of nitrogens with zero attached hydrogens (tertiary/aromatic N) is 2. The van der Waals surface area contributed by atoms with Crippen LogP contribution in [-0.4, -0.2) is 51.0 Å².